The number of aromatic nitrogens is 2. The monoisotopic (exact) mass is 934 g/mol. The van der Waals surface area contributed by atoms with Gasteiger partial charge in [-0.05, 0) is 149 Å². The van der Waals surface area contributed by atoms with Crippen LogP contribution in [0, 0.1) is 5.92 Å². The molecule has 0 saturated carbocycles. The van der Waals surface area contributed by atoms with Crippen molar-refractivity contribution in [3.05, 3.63) is 272 Å². The number of hydrogen-bond acceptors (Lipinski definition) is 2. The van der Waals surface area contributed by atoms with Crippen LogP contribution >= 0.6 is 0 Å². The number of nitrogens with zero attached hydrogens (tertiary/aromatic N) is 4. The van der Waals surface area contributed by atoms with Crippen molar-refractivity contribution in [2.24, 2.45) is 5.92 Å². The minimum atomic E-state index is 0.465. The lowest BCUT2D eigenvalue weighted by Gasteiger charge is -2.28. The van der Waals surface area contributed by atoms with Crippen molar-refractivity contribution in [3.8, 4) is 22.5 Å². The third kappa shape index (κ3) is 7.21. The number of fused-ring (bicyclic) bond motifs is 8. The Bertz CT molecular complexity index is 4230. The van der Waals surface area contributed by atoms with Crippen molar-refractivity contribution < 1.29 is 0 Å². The molecule has 346 valence electrons. The molecular weight excluding hydrogens is 885 g/mol. The van der Waals surface area contributed by atoms with E-state index in [2.05, 4.69) is 293 Å². The average molecular weight is 935 g/mol. The molecule has 0 saturated heterocycles. The van der Waals surface area contributed by atoms with Gasteiger partial charge in [-0.3, -0.25) is 0 Å². The van der Waals surface area contributed by atoms with Gasteiger partial charge in [-0.25, -0.2) is 0 Å². The summed E-state index contributed by atoms with van der Waals surface area (Å²) in [5.41, 5.74) is 17.6. The van der Waals surface area contributed by atoms with Crippen molar-refractivity contribution >= 4 is 94.5 Å². The standard InChI is InChI=1S/C69H50N4/c1-47-30-41-67-61(44-47)63-46-57(40-43-69(63)73(67)53-22-6-3-7-23-53)71(65-29-15-19-51-17-9-11-25-59(51)65)55-37-33-49(34-38-55)48-31-35-54(36-32-48)70(64-28-14-18-50-16-8-10-24-58(50)64)56-39-42-68-62(45-56)60-26-12-13-27-66(60)72(68)52-20-4-2-5-21-52/h2-43,45-47H,44H2,1H3. The quantitative estimate of drug-likeness (QED) is 0.143. The Kier molecular flexibility index (Phi) is 10.2. The maximum Gasteiger partial charge on any atom is 0.0542 e. The maximum atomic E-state index is 2.44. The van der Waals surface area contributed by atoms with E-state index >= 15 is 0 Å². The minimum Gasteiger partial charge on any atom is -0.310 e. The molecular formula is C69H50N4. The first-order valence-electron chi connectivity index (χ1n) is 25.4. The number of hydrogen-bond donors (Lipinski definition) is 0. The Morgan fingerprint density at radius 3 is 1.37 bits per heavy atom. The van der Waals surface area contributed by atoms with E-state index < -0.39 is 0 Å². The highest BCUT2D eigenvalue weighted by Gasteiger charge is 2.24. The zero-order valence-electron chi connectivity index (χ0n) is 40.5. The maximum absolute atomic E-state index is 2.44. The summed E-state index contributed by atoms with van der Waals surface area (Å²) >= 11 is 0. The molecule has 0 aliphatic heterocycles. The highest BCUT2D eigenvalue weighted by atomic mass is 15.2. The van der Waals surface area contributed by atoms with Crippen molar-refractivity contribution in [1.29, 1.82) is 0 Å². The summed E-state index contributed by atoms with van der Waals surface area (Å²) < 4.78 is 4.82. The summed E-state index contributed by atoms with van der Waals surface area (Å²) in [5, 5.41) is 8.57. The Morgan fingerprint density at radius 2 is 0.795 bits per heavy atom. The second kappa shape index (κ2) is 17.5. The van der Waals surface area contributed by atoms with Gasteiger partial charge >= 0.3 is 0 Å². The summed E-state index contributed by atoms with van der Waals surface area (Å²) in [4.78, 5) is 4.86. The molecule has 1 atom stereocenters. The largest absolute Gasteiger partial charge is 0.310 e. The molecule has 14 rings (SSSR count). The number of allylic oxidation sites excluding steroid dienone is 1. The van der Waals surface area contributed by atoms with Crippen molar-refractivity contribution in [1.82, 2.24) is 9.13 Å². The molecule has 2 heterocycles. The first-order valence-corrected chi connectivity index (χ1v) is 25.4. The molecule has 4 heteroatoms. The Hall–Kier alpha value is -9.38. The van der Waals surface area contributed by atoms with Crippen molar-refractivity contribution in [2.75, 3.05) is 9.80 Å². The van der Waals surface area contributed by atoms with E-state index in [1.54, 1.807) is 0 Å². The van der Waals surface area contributed by atoms with Crippen LogP contribution in [0.4, 0.5) is 34.1 Å². The minimum absolute atomic E-state index is 0.465. The third-order valence-electron chi connectivity index (χ3n) is 15.0. The summed E-state index contributed by atoms with van der Waals surface area (Å²) in [6.07, 6.45) is 5.69. The van der Waals surface area contributed by atoms with E-state index in [1.165, 1.54) is 71.2 Å². The Labute approximate surface area is 425 Å². The molecule has 11 aromatic carbocycles. The molecule has 0 amide bonds. The zero-order chi connectivity index (χ0) is 48.4. The lowest BCUT2D eigenvalue weighted by molar-refractivity contribution is 0.718. The van der Waals surface area contributed by atoms with Gasteiger partial charge in [0.15, 0.2) is 0 Å². The fraction of sp³-hybridized carbons (Fsp3) is 0.0435. The molecule has 0 radical (unpaired) electrons. The molecule has 0 N–H and O–H groups in total. The predicted octanol–water partition coefficient (Wildman–Crippen LogP) is 18.8. The van der Waals surface area contributed by atoms with E-state index in [9.17, 15) is 0 Å². The molecule has 1 unspecified atom stereocenters. The van der Waals surface area contributed by atoms with E-state index in [-0.39, 0.29) is 0 Å². The van der Waals surface area contributed by atoms with Crippen LogP contribution in [0.1, 0.15) is 18.2 Å². The normalized spacial score (nSPS) is 13.3. The topological polar surface area (TPSA) is 16.3 Å². The van der Waals surface area contributed by atoms with Gasteiger partial charge in [0.05, 0.1) is 27.9 Å². The van der Waals surface area contributed by atoms with Crippen molar-refractivity contribution in [2.45, 2.75) is 13.3 Å². The first kappa shape index (κ1) is 42.5. The lowest BCUT2D eigenvalue weighted by Crippen LogP contribution is -2.11. The summed E-state index contributed by atoms with van der Waals surface area (Å²) in [6.45, 7) is 2.32. The summed E-state index contributed by atoms with van der Waals surface area (Å²) in [7, 11) is 0. The van der Waals surface area contributed by atoms with Gasteiger partial charge in [0.25, 0.3) is 0 Å². The second-order valence-electron chi connectivity index (χ2n) is 19.4. The molecule has 1 aliphatic carbocycles. The van der Waals surface area contributed by atoms with E-state index in [4.69, 9.17) is 0 Å². The van der Waals surface area contributed by atoms with Gasteiger partial charge in [-0.15, -0.1) is 0 Å². The van der Waals surface area contributed by atoms with Crippen molar-refractivity contribution in [3.63, 3.8) is 0 Å². The van der Waals surface area contributed by atoms with Crippen LogP contribution in [0.2, 0.25) is 0 Å². The van der Waals surface area contributed by atoms with Crippen LogP contribution in [0.5, 0.6) is 0 Å². The molecule has 0 fully saturated rings. The highest BCUT2D eigenvalue weighted by Crippen LogP contribution is 2.45. The summed E-state index contributed by atoms with van der Waals surface area (Å²) in [6, 6.07) is 93.1. The summed E-state index contributed by atoms with van der Waals surface area (Å²) in [5.74, 6) is 0.465. The van der Waals surface area contributed by atoms with Gasteiger partial charge in [0.2, 0.25) is 0 Å². The fourth-order valence-corrected chi connectivity index (χ4v) is 11.6. The molecule has 0 spiro atoms. The van der Waals surface area contributed by atoms with Crippen LogP contribution in [0.25, 0.3) is 82.8 Å². The lowest BCUT2D eigenvalue weighted by atomic mass is 9.93. The number of para-hydroxylation sites is 3. The highest BCUT2D eigenvalue weighted by molar-refractivity contribution is 6.11. The van der Waals surface area contributed by atoms with Crippen LogP contribution in [-0.4, -0.2) is 9.13 Å². The van der Waals surface area contributed by atoms with Gasteiger partial charge in [0.1, 0.15) is 0 Å². The molecule has 73 heavy (non-hydrogen) atoms. The van der Waals surface area contributed by atoms with E-state index in [0.29, 0.717) is 5.92 Å². The molecule has 0 bridgehead atoms. The SMILES string of the molecule is CC1C=Cc2c(c3cc(N(c4ccc(-c5ccc(N(c6ccc7c(c6)c6ccccc6n7-c6ccccc6)c6cccc7ccccc67)cc5)cc4)c4cccc5ccccc45)ccc3n2-c2ccccc2)C1. The Morgan fingerprint density at radius 1 is 0.356 bits per heavy atom. The average Bonchev–Trinajstić information content (AvgIpc) is 3.97. The van der Waals surface area contributed by atoms with Gasteiger partial charge in [-0.2, -0.15) is 0 Å². The molecule has 1 aliphatic rings. The van der Waals surface area contributed by atoms with Gasteiger partial charge in [-0.1, -0.05) is 165 Å². The predicted molar refractivity (Wildman–Crippen MR) is 309 cm³/mol. The van der Waals surface area contributed by atoms with Gasteiger partial charge in [0, 0.05) is 66.7 Å². The molecule has 2 aromatic heterocycles. The molecule has 13 aromatic rings. The van der Waals surface area contributed by atoms with Crippen LogP contribution in [-0.2, 0) is 6.42 Å². The van der Waals surface area contributed by atoms with E-state index in [0.717, 1.165) is 57.4 Å². The zero-order valence-corrected chi connectivity index (χ0v) is 40.5. The molecule has 4 nitrogen and oxygen atoms in total. The smallest absolute Gasteiger partial charge is 0.0542 e. The third-order valence-corrected chi connectivity index (χ3v) is 15.0. The van der Waals surface area contributed by atoms with Crippen LogP contribution in [0.3, 0.4) is 0 Å². The fourth-order valence-electron chi connectivity index (χ4n) is 11.6. The van der Waals surface area contributed by atoms with Gasteiger partial charge < -0.3 is 18.9 Å². The van der Waals surface area contributed by atoms with Crippen LogP contribution in [0.15, 0.2) is 261 Å². The number of rotatable bonds is 9. The first-order chi connectivity index (χ1) is 36.1. The number of benzene rings is 11. The van der Waals surface area contributed by atoms with E-state index in [1.807, 2.05) is 0 Å². The number of anilines is 6. The second-order valence-corrected chi connectivity index (χ2v) is 19.4. The Balaban J connectivity index is 0.867. The van der Waals surface area contributed by atoms with Crippen LogP contribution < -0.4 is 9.80 Å².